The van der Waals surface area contributed by atoms with Gasteiger partial charge in [-0.1, -0.05) is 11.6 Å². The molecule has 1 aromatic heterocycles. The third-order valence-electron chi connectivity index (χ3n) is 6.59. The van der Waals surface area contributed by atoms with E-state index in [1.165, 1.54) is 4.68 Å². The van der Waals surface area contributed by atoms with Gasteiger partial charge in [0.05, 0.1) is 24.5 Å². The largest absolute Gasteiger partial charge is 0.382 e. The van der Waals surface area contributed by atoms with Crippen molar-refractivity contribution in [3.05, 3.63) is 21.6 Å². The van der Waals surface area contributed by atoms with Gasteiger partial charge in [0.2, 0.25) is 5.91 Å². The van der Waals surface area contributed by atoms with Gasteiger partial charge in [0.25, 0.3) is 5.56 Å². The van der Waals surface area contributed by atoms with E-state index in [0.29, 0.717) is 17.5 Å². The number of likely N-dealkylation sites (tertiary alicyclic amines) is 1. The average molecular weight is 423 g/mol. The number of hydrogen-bond donors (Lipinski definition) is 1. The zero-order valence-corrected chi connectivity index (χ0v) is 17.7. The number of anilines is 1. The highest BCUT2D eigenvalue weighted by Gasteiger charge is 2.32. The number of ether oxygens (including phenoxy) is 1. The van der Waals surface area contributed by atoms with Crippen molar-refractivity contribution in [1.82, 2.24) is 14.7 Å². The fraction of sp³-hybridized carbons (Fsp3) is 0.762. The summed E-state index contributed by atoms with van der Waals surface area (Å²) in [7, 11) is 0. The lowest BCUT2D eigenvalue weighted by Gasteiger charge is -2.30. The van der Waals surface area contributed by atoms with Crippen LogP contribution in [0.2, 0.25) is 5.02 Å². The van der Waals surface area contributed by atoms with Gasteiger partial charge in [-0.3, -0.25) is 9.59 Å². The molecule has 3 heterocycles. The number of halogens is 1. The number of rotatable bonds is 5. The molecule has 1 atom stereocenters. The molecule has 7 nitrogen and oxygen atoms in total. The molecule has 160 valence electrons. The Balaban J connectivity index is 1.34. The summed E-state index contributed by atoms with van der Waals surface area (Å²) in [5.41, 5.74) is 0.349. The number of aromatic nitrogens is 2. The second kappa shape index (κ2) is 9.47. The summed E-state index contributed by atoms with van der Waals surface area (Å²) >= 11 is 6.37. The highest BCUT2D eigenvalue weighted by Crippen LogP contribution is 2.33. The molecule has 1 amide bonds. The minimum atomic E-state index is -0.245. The first-order valence-corrected chi connectivity index (χ1v) is 11.4. The normalized spacial score (nSPS) is 27.8. The minimum Gasteiger partial charge on any atom is -0.382 e. The maximum absolute atomic E-state index is 12.8. The van der Waals surface area contributed by atoms with Crippen LogP contribution in [0.3, 0.4) is 0 Å². The van der Waals surface area contributed by atoms with Crippen molar-refractivity contribution in [2.75, 3.05) is 38.2 Å². The van der Waals surface area contributed by atoms with Crippen LogP contribution in [0.1, 0.15) is 57.4 Å². The Bertz CT molecular complexity index is 764. The fourth-order valence-electron chi connectivity index (χ4n) is 4.81. The monoisotopic (exact) mass is 422 g/mol. The first-order chi connectivity index (χ1) is 14.1. The van der Waals surface area contributed by atoms with Crippen molar-refractivity contribution in [3.63, 3.8) is 0 Å². The molecule has 0 aromatic carbocycles. The standard InChI is InChI=1S/C21H31ClN4O3/c22-19-18(23-12-15-4-3-11-29-14-15)13-24-26(21(19)28)17-7-5-16(6-8-17)20(27)25-9-1-2-10-25/h13,15-17,23H,1-12,14H2/t15-,16?,17?/m0/s1. The topological polar surface area (TPSA) is 76.5 Å². The Morgan fingerprint density at radius 1 is 1.17 bits per heavy atom. The minimum absolute atomic E-state index is 0.0171. The van der Waals surface area contributed by atoms with E-state index in [9.17, 15) is 9.59 Å². The molecule has 1 aromatic rings. The average Bonchev–Trinajstić information content (AvgIpc) is 3.30. The highest BCUT2D eigenvalue weighted by molar-refractivity contribution is 6.32. The number of hydrogen-bond acceptors (Lipinski definition) is 5. The quantitative estimate of drug-likeness (QED) is 0.789. The summed E-state index contributed by atoms with van der Waals surface area (Å²) in [6.45, 7) is 4.11. The van der Waals surface area contributed by atoms with Crippen molar-refractivity contribution in [3.8, 4) is 0 Å². The van der Waals surface area contributed by atoms with Gasteiger partial charge in [0.1, 0.15) is 5.02 Å². The predicted molar refractivity (Wildman–Crippen MR) is 112 cm³/mol. The van der Waals surface area contributed by atoms with E-state index in [1.807, 2.05) is 4.90 Å². The molecule has 1 aliphatic carbocycles. The summed E-state index contributed by atoms with van der Waals surface area (Å²) in [4.78, 5) is 27.4. The predicted octanol–water partition coefficient (Wildman–Crippen LogP) is 3.09. The molecule has 0 spiro atoms. The van der Waals surface area contributed by atoms with E-state index < -0.39 is 0 Å². The lowest BCUT2D eigenvalue weighted by Crippen LogP contribution is -2.37. The second-order valence-electron chi connectivity index (χ2n) is 8.62. The third-order valence-corrected chi connectivity index (χ3v) is 6.95. The van der Waals surface area contributed by atoms with Gasteiger partial charge in [-0.25, -0.2) is 4.68 Å². The molecule has 3 fully saturated rings. The fourth-order valence-corrected chi connectivity index (χ4v) is 5.02. The molecule has 0 radical (unpaired) electrons. The van der Waals surface area contributed by atoms with Crippen LogP contribution >= 0.6 is 11.6 Å². The highest BCUT2D eigenvalue weighted by atomic mass is 35.5. The number of nitrogens with zero attached hydrogens (tertiary/aromatic N) is 3. The van der Waals surface area contributed by atoms with E-state index >= 15 is 0 Å². The smallest absolute Gasteiger partial charge is 0.287 e. The maximum atomic E-state index is 12.8. The van der Waals surface area contributed by atoms with Crippen LogP contribution in [0.15, 0.2) is 11.0 Å². The van der Waals surface area contributed by atoms with Crippen LogP contribution in [0.4, 0.5) is 5.69 Å². The van der Waals surface area contributed by atoms with Crippen molar-refractivity contribution in [2.24, 2.45) is 11.8 Å². The number of nitrogens with one attached hydrogen (secondary N) is 1. The van der Waals surface area contributed by atoms with Gasteiger partial charge in [-0.2, -0.15) is 5.10 Å². The van der Waals surface area contributed by atoms with E-state index in [-0.39, 0.29) is 22.5 Å². The Hall–Kier alpha value is -1.60. The molecule has 0 bridgehead atoms. The van der Waals surface area contributed by atoms with E-state index in [4.69, 9.17) is 16.3 Å². The molecule has 3 aliphatic rings. The van der Waals surface area contributed by atoms with Crippen molar-refractivity contribution in [1.29, 1.82) is 0 Å². The molecule has 29 heavy (non-hydrogen) atoms. The molecule has 0 unspecified atom stereocenters. The van der Waals surface area contributed by atoms with Gasteiger partial charge in [0, 0.05) is 32.2 Å². The van der Waals surface area contributed by atoms with Crippen molar-refractivity contribution >= 4 is 23.2 Å². The molecule has 1 saturated carbocycles. The number of carbonyl (C=O) groups excluding carboxylic acids is 1. The molecule has 4 rings (SSSR count). The van der Waals surface area contributed by atoms with Gasteiger partial charge < -0.3 is 15.0 Å². The molecular weight excluding hydrogens is 392 g/mol. The van der Waals surface area contributed by atoms with Crippen LogP contribution in [0.5, 0.6) is 0 Å². The van der Waals surface area contributed by atoms with Crippen molar-refractivity contribution in [2.45, 2.75) is 57.4 Å². The summed E-state index contributed by atoms with van der Waals surface area (Å²) in [6.07, 6.45) is 9.30. The molecule has 1 N–H and O–H groups in total. The summed E-state index contributed by atoms with van der Waals surface area (Å²) in [5.74, 6) is 0.824. The van der Waals surface area contributed by atoms with Crippen LogP contribution in [0, 0.1) is 11.8 Å². The zero-order chi connectivity index (χ0) is 20.2. The Morgan fingerprint density at radius 3 is 2.62 bits per heavy atom. The van der Waals surface area contributed by atoms with E-state index in [2.05, 4.69) is 10.4 Å². The van der Waals surface area contributed by atoms with Crippen LogP contribution in [-0.2, 0) is 9.53 Å². The van der Waals surface area contributed by atoms with Gasteiger partial charge in [-0.15, -0.1) is 0 Å². The Labute approximate surface area is 176 Å². The number of carbonyl (C=O) groups is 1. The SMILES string of the molecule is O=C(C1CCC(n2ncc(NC[C@@H]3CCCOC3)c(Cl)c2=O)CC1)N1CCCC1. The van der Waals surface area contributed by atoms with Gasteiger partial charge >= 0.3 is 0 Å². The molecule has 2 saturated heterocycles. The van der Waals surface area contributed by atoms with E-state index in [1.54, 1.807) is 6.20 Å². The number of amides is 1. The zero-order valence-electron chi connectivity index (χ0n) is 16.9. The first kappa shape index (κ1) is 20.7. The Kier molecular flexibility index (Phi) is 6.75. The lowest BCUT2D eigenvalue weighted by atomic mass is 9.85. The van der Waals surface area contributed by atoms with E-state index in [0.717, 1.165) is 84.2 Å². The molecule has 8 heteroatoms. The lowest BCUT2D eigenvalue weighted by molar-refractivity contribution is -0.135. The third kappa shape index (κ3) is 4.77. The summed E-state index contributed by atoms with van der Waals surface area (Å²) in [5, 5.41) is 7.87. The molecular formula is C21H31ClN4O3. The first-order valence-electron chi connectivity index (χ1n) is 11.0. The molecule has 2 aliphatic heterocycles. The van der Waals surface area contributed by atoms with Crippen LogP contribution in [0.25, 0.3) is 0 Å². The Morgan fingerprint density at radius 2 is 1.93 bits per heavy atom. The van der Waals surface area contributed by atoms with Crippen LogP contribution < -0.4 is 10.9 Å². The van der Waals surface area contributed by atoms with Crippen LogP contribution in [-0.4, -0.2) is 53.4 Å². The van der Waals surface area contributed by atoms with Crippen molar-refractivity contribution < 1.29 is 9.53 Å². The maximum Gasteiger partial charge on any atom is 0.287 e. The summed E-state index contributed by atoms with van der Waals surface area (Å²) in [6, 6.07) is 0.0171. The summed E-state index contributed by atoms with van der Waals surface area (Å²) < 4.78 is 7.02. The second-order valence-corrected chi connectivity index (χ2v) is 9.00. The van der Waals surface area contributed by atoms with Gasteiger partial charge in [-0.05, 0) is 57.3 Å². The van der Waals surface area contributed by atoms with Gasteiger partial charge in [0.15, 0.2) is 0 Å².